The van der Waals surface area contributed by atoms with E-state index in [2.05, 4.69) is 17.1 Å². The van der Waals surface area contributed by atoms with Crippen molar-refractivity contribution < 1.29 is 28.6 Å². The summed E-state index contributed by atoms with van der Waals surface area (Å²) in [6.07, 6.45) is 4.27. The van der Waals surface area contributed by atoms with Gasteiger partial charge in [0.2, 0.25) is 0 Å². The van der Waals surface area contributed by atoms with Crippen LogP contribution in [0.4, 0.5) is 9.18 Å². The number of ketones is 1. The lowest BCUT2D eigenvalue weighted by Gasteiger charge is -2.28. The predicted octanol–water partition coefficient (Wildman–Crippen LogP) is 7.72. The van der Waals surface area contributed by atoms with Crippen LogP contribution in [0.1, 0.15) is 54.9 Å². The van der Waals surface area contributed by atoms with E-state index in [1.54, 1.807) is 6.20 Å². The van der Waals surface area contributed by atoms with Gasteiger partial charge in [0, 0.05) is 55.6 Å². The predicted molar refractivity (Wildman–Crippen MR) is 186 cm³/mol. The Balaban J connectivity index is 1.28. The molecule has 0 saturated heterocycles. The summed E-state index contributed by atoms with van der Waals surface area (Å²) < 4.78 is 21.9. The van der Waals surface area contributed by atoms with Crippen LogP contribution in [0.5, 0.6) is 0 Å². The number of benzene rings is 3. The van der Waals surface area contributed by atoms with Crippen LogP contribution in [0.25, 0.3) is 22.0 Å². The average molecular weight is 662 g/mol. The van der Waals surface area contributed by atoms with Gasteiger partial charge in [-0.15, -0.1) is 0 Å². The molecule has 9 heteroatoms. The molecule has 0 radical (unpaired) electrons. The fourth-order valence-corrected chi connectivity index (χ4v) is 7.07. The van der Waals surface area contributed by atoms with Gasteiger partial charge in [0.25, 0.3) is 0 Å². The van der Waals surface area contributed by atoms with Crippen molar-refractivity contribution in [3.05, 3.63) is 126 Å². The molecule has 0 unspecified atom stereocenters. The van der Waals surface area contributed by atoms with Gasteiger partial charge >= 0.3 is 12.1 Å². The molecule has 0 bridgehead atoms. The maximum atomic E-state index is 14.1. The van der Waals surface area contributed by atoms with Gasteiger partial charge in [-0.2, -0.15) is 0 Å². The Hall–Kier alpha value is -5.31. The second-order valence-corrected chi connectivity index (χ2v) is 13.3. The van der Waals surface area contributed by atoms with Crippen LogP contribution >= 0.6 is 0 Å². The third-order valence-corrected chi connectivity index (χ3v) is 9.41. The van der Waals surface area contributed by atoms with Gasteiger partial charge < -0.3 is 19.3 Å². The second-order valence-electron chi connectivity index (χ2n) is 13.3. The third kappa shape index (κ3) is 7.26. The Bertz CT molecular complexity index is 1960. The first-order chi connectivity index (χ1) is 23.6. The zero-order chi connectivity index (χ0) is 34.7. The number of para-hydroxylation sites is 1. The first-order valence-electron chi connectivity index (χ1n) is 16.6. The molecule has 0 saturated carbocycles. The molecule has 3 aromatic carbocycles. The topological polar surface area (TPSA) is 102 Å². The molecule has 6 rings (SSSR count). The highest BCUT2D eigenvalue weighted by atomic mass is 19.1. The van der Waals surface area contributed by atoms with Gasteiger partial charge in [0.1, 0.15) is 12.4 Å². The lowest BCUT2D eigenvalue weighted by molar-refractivity contribution is -0.144. The van der Waals surface area contributed by atoms with Crippen molar-refractivity contribution in [2.45, 2.75) is 51.6 Å². The van der Waals surface area contributed by atoms with Gasteiger partial charge in [-0.25, -0.2) is 9.18 Å². The highest BCUT2D eigenvalue weighted by Crippen LogP contribution is 2.44. The molecule has 5 aromatic rings. The fourth-order valence-electron chi connectivity index (χ4n) is 7.07. The molecular weight excluding hydrogens is 621 g/mol. The highest BCUT2D eigenvalue weighted by Gasteiger charge is 2.34. The molecule has 49 heavy (non-hydrogen) atoms. The first-order valence-corrected chi connectivity index (χ1v) is 16.6. The molecule has 0 fully saturated rings. The van der Waals surface area contributed by atoms with Crippen molar-refractivity contribution in [2.75, 3.05) is 13.7 Å². The number of hydrogen-bond donors (Lipinski definition) is 1. The van der Waals surface area contributed by atoms with E-state index >= 15 is 0 Å². The molecule has 8 nitrogen and oxygen atoms in total. The van der Waals surface area contributed by atoms with E-state index in [-0.39, 0.29) is 37.1 Å². The van der Waals surface area contributed by atoms with E-state index in [9.17, 15) is 23.9 Å². The number of carboxylic acid groups (broad SMARTS) is 1. The van der Waals surface area contributed by atoms with Crippen LogP contribution in [-0.4, -0.2) is 57.1 Å². The van der Waals surface area contributed by atoms with Gasteiger partial charge in [-0.3, -0.25) is 14.6 Å². The normalized spacial score (nSPS) is 13.6. The zero-order valence-corrected chi connectivity index (χ0v) is 27.9. The number of carbonyl (C=O) groups excluding carboxylic acids is 2. The molecule has 0 spiro atoms. The smallest absolute Gasteiger partial charge is 0.410 e. The number of hydrogen-bond acceptors (Lipinski definition) is 5. The van der Waals surface area contributed by atoms with Gasteiger partial charge in [-0.1, -0.05) is 80.6 Å². The molecule has 2 aromatic heterocycles. The van der Waals surface area contributed by atoms with Crippen LogP contribution in [0.15, 0.2) is 97.5 Å². The lowest BCUT2D eigenvalue weighted by atomic mass is 9.89. The van der Waals surface area contributed by atoms with E-state index in [0.717, 1.165) is 44.9 Å². The van der Waals surface area contributed by atoms with Crippen molar-refractivity contribution in [3.8, 4) is 11.1 Å². The van der Waals surface area contributed by atoms with Crippen molar-refractivity contribution >= 4 is 28.7 Å². The van der Waals surface area contributed by atoms with Gasteiger partial charge in [0.05, 0.1) is 18.2 Å². The van der Waals surface area contributed by atoms with Crippen molar-refractivity contribution in [1.29, 1.82) is 0 Å². The number of rotatable bonds is 13. The second kappa shape index (κ2) is 14.4. The molecule has 1 aliphatic carbocycles. The number of likely N-dealkylation sites (N-methyl/N-ethyl adjacent to an activating group) is 1. The monoisotopic (exact) mass is 661 g/mol. The number of Topliss-reactive ketones (excluding diaryl/α,β-unsaturated/α-hetero) is 1. The summed E-state index contributed by atoms with van der Waals surface area (Å²) in [7, 11) is 1.54. The van der Waals surface area contributed by atoms with Crippen molar-refractivity contribution in [3.63, 3.8) is 0 Å². The SMILES string of the molecule is CC(C)C[C@H](CC(=O)[C@H](Cc1cn(Cc2cncc(F)c2)c2ccccc12)N(C)C(=O)OCC1c2ccccc2-c2ccccc21)C(=O)O. The largest absolute Gasteiger partial charge is 0.481 e. The molecule has 1 N–H and O–H groups in total. The van der Waals surface area contributed by atoms with Crippen LogP contribution in [0.3, 0.4) is 0 Å². The number of carboxylic acids is 1. The van der Waals surface area contributed by atoms with Crippen LogP contribution in [0, 0.1) is 17.7 Å². The molecule has 1 aliphatic rings. The molecular formula is C40H40FN3O5. The average Bonchev–Trinajstić information content (AvgIpc) is 3.60. The molecule has 1 amide bonds. The Morgan fingerprint density at radius 1 is 0.959 bits per heavy atom. The number of pyridine rings is 1. The summed E-state index contributed by atoms with van der Waals surface area (Å²) >= 11 is 0. The summed E-state index contributed by atoms with van der Waals surface area (Å²) in [6.45, 7) is 4.28. The number of carbonyl (C=O) groups is 3. The van der Waals surface area contributed by atoms with E-state index in [1.165, 1.54) is 18.0 Å². The summed E-state index contributed by atoms with van der Waals surface area (Å²) in [6, 6.07) is 24.3. The number of aliphatic carboxylic acids is 1. The summed E-state index contributed by atoms with van der Waals surface area (Å²) in [5.41, 5.74) is 6.71. The van der Waals surface area contributed by atoms with Crippen molar-refractivity contribution in [1.82, 2.24) is 14.5 Å². The maximum Gasteiger partial charge on any atom is 0.410 e. The standard InChI is InChI=1S/C40H40FN3O5/c1-25(2)16-27(39(46)47)19-38(45)37(18-28-23-44(36-15-9-8-10-30(28)36)22-26-17-29(41)21-42-20-26)43(3)40(48)49-24-35-33-13-6-4-11-31(33)32-12-5-7-14-34(32)35/h4-15,17,20-21,23,25,27,35,37H,16,18-19,22,24H2,1-3H3,(H,46,47)/t27-,37+/m1/s1. The number of halogens is 1. The van der Waals surface area contributed by atoms with Gasteiger partial charge in [-0.05, 0) is 57.9 Å². The Kier molecular flexibility index (Phi) is 9.90. The van der Waals surface area contributed by atoms with Gasteiger partial charge in [0.15, 0.2) is 5.78 Å². The third-order valence-electron chi connectivity index (χ3n) is 9.41. The number of ether oxygens (including phenoxy) is 1. The van der Waals surface area contributed by atoms with E-state index in [4.69, 9.17) is 4.74 Å². The minimum Gasteiger partial charge on any atom is -0.481 e. The summed E-state index contributed by atoms with van der Waals surface area (Å²) in [5, 5.41) is 10.8. The zero-order valence-electron chi connectivity index (χ0n) is 27.9. The molecule has 252 valence electrons. The minimum atomic E-state index is -1.04. The maximum absolute atomic E-state index is 14.1. The Morgan fingerprint density at radius 2 is 1.61 bits per heavy atom. The highest BCUT2D eigenvalue weighted by molar-refractivity contribution is 5.92. The van der Waals surface area contributed by atoms with Crippen LogP contribution in [0.2, 0.25) is 0 Å². The Labute approximate surface area is 285 Å². The van der Waals surface area contributed by atoms with E-state index in [0.29, 0.717) is 18.5 Å². The molecule has 0 aliphatic heterocycles. The summed E-state index contributed by atoms with van der Waals surface area (Å²) in [5.74, 6) is -2.79. The van der Waals surface area contributed by atoms with Crippen LogP contribution < -0.4 is 0 Å². The summed E-state index contributed by atoms with van der Waals surface area (Å²) in [4.78, 5) is 45.3. The first kappa shape index (κ1) is 33.6. The minimum absolute atomic E-state index is 0.0718. The van der Waals surface area contributed by atoms with Crippen molar-refractivity contribution in [2.24, 2.45) is 11.8 Å². The lowest BCUT2D eigenvalue weighted by Crippen LogP contribution is -2.45. The quantitative estimate of drug-likeness (QED) is 0.139. The molecule has 2 atom stereocenters. The number of fused-ring (bicyclic) bond motifs is 4. The number of nitrogens with zero attached hydrogens (tertiary/aromatic N) is 3. The molecule has 2 heterocycles. The number of aromatic nitrogens is 2. The van der Waals surface area contributed by atoms with Crippen LogP contribution in [-0.2, 0) is 27.3 Å². The van der Waals surface area contributed by atoms with E-state index < -0.39 is 29.8 Å². The van der Waals surface area contributed by atoms with E-state index in [1.807, 2.05) is 85.3 Å². The number of amides is 1. The Morgan fingerprint density at radius 3 is 2.27 bits per heavy atom. The fraction of sp³-hybridized carbons (Fsp3) is 0.300.